The van der Waals surface area contributed by atoms with Crippen molar-refractivity contribution in [1.29, 1.82) is 0 Å². The van der Waals surface area contributed by atoms with Crippen molar-refractivity contribution in [1.82, 2.24) is 14.8 Å². The van der Waals surface area contributed by atoms with E-state index in [9.17, 15) is 5.11 Å². The summed E-state index contributed by atoms with van der Waals surface area (Å²) >= 11 is 1.69. The molecule has 3 saturated heterocycles. The predicted molar refractivity (Wildman–Crippen MR) is 82.3 cm³/mol. The number of nitrogens with zero attached hydrogens (tertiary/aromatic N) is 3. The zero-order valence-corrected chi connectivity index (χ0v) is 13.5. The molecule has 20 heavy (non-hydrogen) atoms. The Morgan fingerprint density at radius 3 is 2.55 bits per heavy atom. The van der Waals surface area contributed by atoms with Crippen molar-refractivity contribution in [3.63, 3.8) is 0 Å². The lowest BCUT2D eigenvalue weighted by molar-refractivity contribution is -0.0453. The minimum absolute atomic E-state index is 0.0960. The van der Waals surface area contributed by atoms with Crippen molar-refractivity contribution < 1.29 is 5.11 Å². The normalized spacial score (nSPS) is 31.5. The highest BCUT2D eigenvalue weighted by Gasteiger charge is 2.36. The quantitative estimate of drug-likeness (QED) is 0.913. The van der Waals surface area contributed by atoms with Gasteiger partial charge in [-0.15, -0.1) is 11.3 Å². The Bertz CT molecular complexity index is 460. The second-order valence-electron chi connectivity index (χ2n) is 7.05. The molecule has 4 rings (SSSR count). The van der Waals surface area contributed by atoms with E-state index in [0.29, 0.717) is 12.5 Å². The van der Waals surface area contributed by atoms with Crippen molar-refractivity contribution in [2.24, 2.45) is 0 Å². The van der Waals surface area contributed by atoms with E-state index in [2.05, 4.69) is 36.0 Å². The third-order valence-corrected chi connectivity index (χ3v) is 5.34. The Hall–Kier alpha value is -0.490. The number of aliphatic hydroxyl groups is 1. The highest BCUT2D eigenvalue weighted by Crippen LogP contribution is 2.26. The highest BCUT2D eigenvalue weighted by atomic mass is 32.1. The van der Waals surface area contributed by atoms with E-state index in [1.165, 1.54) is 0 Å². The molecule has 0 aliphatic carbocycles. The summed E-state index contributed by atoms with van der Waals surface area (Å²) in [7, 11) is 0. The molecule has 112 valence electrons. The molecule has 0 radical (unpaired) electrons. The number of hydrogen-bond donors (Lipinski definition) is 1. The summed E-state index contributed by atoms with van der Waals surface area (Å²) < 4.78 is 0. The summed E-state index contributed by atoms with van der Waals surface area (Å²) in [5.74, 6) is 0. The van der Waals surface area contributed by atoms with E-state index in [0.717, 1.165) is 43.4 Å². The Morgan fingerprint density at radius 2 is 2.05 bits per heavy atom. The second kappa shape index (κ2) is 5.37. The number of thiazole rings is 1. The standard InChI is InChI=1S/C15H25N3OS/c1-15(2,3)13-10-20-14(16-13)8-12(19)11-9-17-4-6-18(11)7-5-17/h10-12,19H,4-9H2,1-3H3. The van der Waals surface area contributed by atoms with Crippen LogP contribution in [0, 0.1) is 0 Å². The number of rotatable bonds is 3. The van der Waals surface area contributed by atoms with E-state index < -0.39 is 0 Å². The zero-order chi connectivity index (χ0) is 14.3. The van der Waals surface area contributed by atoms with Crippen LogP contribution in [0.3, 0.4) is 0 Å². The van der Waals surface area contributed by atoms with Gasteiger partial charge in [-0.3, -0.25) is 9.80 Å². The van der Waals surface area contributed by atoms with Gasteiger partial charge in [0.15, 0.2) is 0 Å². The van der Waals surface area contributed by atoms with Gasteiger partial charge in [0.25, 0.3) is 0 Å². The maximum Gasteiger partial charge on any atom is 0.0954 e. The van der Waals surface area contributed by atoms with Gasteiger partial charge in [0.1, 0.15) is 0 Å². The van der Waals surface area contributed by atoms with Gasteiger partial charge in [-0.1, -0.05) is 20.8 Å². The molecule has 4 nitrogen and oxygen atoms in total. The van der Waals surface area contributed by atoms with Crippen LogP contribution in [0.25, 0.3) is 0 Å². The molecule has 3 aliphatic rings. The van der Waals surface area contributed by atoms with Crippen molar-refractivity contribution >= 4 is 11.3 Å². The van der Waals surface area contributed by atoms with Crippen LogP contribution in [0.4, 0.5) is 0 Å². The Balaban J connectivity index is 1.64. The molecule has 0 saturated carbocycles. The fourth-order valence-corrected chi connectivity index (χ4v) is 4.16. The third kappa shape index (κ3) is 2.91. The monoisotopic (exact) mass is 295 g/mol. The summed E-state index contributed by atoms with van der Waals surface area (Å²) in [5, 5.41) is 13.8. The molecule has 0 spiro atoms. The molecule has 3 aliphatic heterocycles. The molecule has 2 atom stereocenters. The van der Waals surface area contributed by atoms with Gasteiger partial charge in [0.2, 0.25) is 0 Å². The molecule has 4 heterocycles. The van der Waals surface area contributed by atoms with Crippen LogP contribution in [-0.2, 0) is 11.8 Å². The maximum atomic E-state index is 10.6. The molecule has 1 aromatic heterocycles. The van der Waals surface area contributed by atoms with Crippen molar-refractivity contribution in [3.05, 3.63) is 16.1 Å². The van der Waals surface area contributed by atoms with Crippen LogP contribution in [0.15, 0.2) is 5.38 Å². The second-order valence-corrected chi connectivity index (χ2v) is 7.99. The Morgan fingerprint density at radius 1 is 1.35 bits per heavy atom. The average Bonchev–Trinajstić information content (AvgIpc) is 2.88. The molecule has 3 fully saturated rings. The van der Waals surface area contributed by atoms with Crippen molar-refractivity contribution in [2.45, 2.75) is 44.8 Å². The van der Waals surface area contributed by atoms with Gasteiger partial charge in [-0.25, -0.2) is 4.98 Å². The molecule has 0 aromatic carbocycles. The Labute approximate surface area is 125 Å². The maximum absolute atomic E-state index is 10.6. The van der Waals surface area contributed by atoms with E-state index in [-0.39, 0.29) is 11.5 Å². The zero-order valence-electron chi connectivity index (χ0n) is 12.7. The summed E-state index contributed by atoms with van der Waals surface area (Å²) in [5.41, 5.74) is 1.23. The fourth-order valence-electron chi connectivity index (χ4n) is 3.09. The molecular weight excluding hydrogens is 270 g/mol. The van der Waals surface area contributed by atoms with Crippen LogP contribution < -0.4 is 0 Å². The molecule has 5 heteroatoms. The first-order chi connectivity index (χ1) is 9.43. The van der Waals surface area contributed by atoms with E-state index in [4.69, 9.17) is 4.98 Å². The molecular formula is C15H25N3OS. The number of aromatic nitrogens is 1. The summed E-state index contributed by atoms with van der Waals surface area (Å²) in [4.78, 5) is 9.62. The third-order valence-electron chi connectivity index (χ3n) is 4.47. The van der Waals surface area contributed by atoms with E-state index >= 15 is 0 Å². The minimum atomic E-state index is -0.294. The topological polar surface area (TPSA) is 39.6 Å². The Kier molecular flexibility index (Phi) is 3.88. The molecule has 1 aromatic rings. The molecule has 2 unspecified atom stereocenters. The van der Waals surface area contributed by atoms with Crippen molar-refractivity contribution in [3.8, 4) is 0 Å². The van der Waals surface area contributed by atoms with Crippen molar-refractivity contribution in [2.75, 3.05) is 32.7 Å². The minimum Gasteiger partial charge on any atom is -0.391 e. The first-order valence-electron chi connectivity index (χ1n) is 7.53. The van der Waals surface area contributed by atoms with E-state index in [1.807, 2.05) is 0 Å². The lowest BCUT2D eigenvalue weighted by Crippen LogP contribution is -2.64. The predicted octanol–water partition coefficient (Wildman–Crippen LogP) is 1.34. The summed E-state index contributed by atoms with van der Waals surface area (Å²) in [6.07, 6.45) is 0.396. The smallest absolute Gasteiger partial charge is 0.0954 e. The molecule has 0 amide bonds. The highest BCUT2D eigenvalue weighted by molar-refractivity contribution is 7.09. The van der Waals surface area contributed by atoms with Crippen LogP contribution in [-0.4, -0.2) is 64.8 Å². The van der Waals surface area contributed by atoms with Gasteiger partial charge in [-0.2, -0.15) is 0 Å². The summed E-state index contributed by atoms with van der Waals surface area (Å²) in [6.45, 7) is 12.1. The largest absolute Gasteiger partial charge is 0.391 e. The van der Waals surface area contributed by atoms with E-state index in [1.54, 1.807) is 11.3 Å². The lowest BCUT2D eigenvalue weighted by atomic mass is 9.93. The van der Waals surface area contributed by atoms with Crippen LogP contribution in [0.1, 0.15) is 31.5 Å². The first kappa shape index (κ1) is 14.4. The van der Waals surface area contributed by atoms with Crippen LogP contribution in [0.5, 0.6) is 0 Å². The number of aliphatic hydroxyl groups excluding tert-OH is 1. The fraction of sp³-hybridized carbons (Fsp3) is 0.800. The van der Waals surface area contributed by atoms with Gasteiger partial charge >= 0.3 is 0 Å². The van der Waals surface area contributed by atoms with Gasteiger partial charge in [0.05, 0.1) is 16.8 Å². The average molecular weight is 295 g/mol. The van der Waals surface area contributed by atoms with Crippen LogP contribution >= 0.6 is 11.3 Å². The number of hydrogen-bond acceptors (Lipinski definition) is 5. The molecule has 1 N–H and O–H groups in total. The van der Waals surface area contributed by atoms with Crippen LogP contribution in [0.2, 0.25) is 0 Å². The van der Waals surface area contributed by atoms with Gasteiger partial charge < -0.3 is 5.11 Å². The lowest BCUT2D eigenvalue weighted by Gasteiger charge is -2.49. The first-order valence-corrected chi connectivity index (χ1v) is 8.41. The van der Waals surface area contributed by atoms with Gasteiger partial charge in [0, 0.05) is 56.0 Å². The number of piperazine rings is 3. The summed E-state index contributed by atoms with van der Waals surface area (Å²) in [6, 6.07) is 0.291. The SMILES string of the molecule is CC(C)(C)c1csc(CC(O)C2CN3CCN2CC3)n1. The van der Waals surface area contributed by atoms with Gasteiger partial charge in [-0.05, 0) is 0 Å². The number of fused-ring (bicyclic) bond motifs is 3. The molecule has 2 bridgehead atoms.